The van der Waals surface area contributed by atoms with Gasteiger partial charge in [0.2, 0.25) is 5.92 Å². The molecule has 1 fully saturated rings. The predicted octanol–water partition coefficient (Wildman–Crippen LogP) is 2.95. The van der Waals surface area contributed by atoms with E-state index in [1.54, 1.807) is 12.4 Å². The highest BCUT2D eigenvalue weighted by Crippen LogP contribution is 2.41. The van der Waals surface area contributed by atoms with Crippen LogP contribution >= 0.6 is 0 Å². The van der Waals surface area contributed by atoms with E-state index in [0.29, 0.717) is 12.8 Å². The zero-order valence-corrected chi connectivity index (χ0v) is 10.6. The van der Waals surface area contributed by atoms with Crippen molar-refractivity contribution >= 4 is 0 Å². The molecular formula is C13H19F2N3. The van der Waals surface area contributed by atoms with Gasteiger partial charge in [-0.25, -0.2) is 18.7 Å². The first-order valence-corrected chi connectivity index (χ1v) is 6.48. The molecule has 0 amide bonds. The molecule has 1 unspecified atom stereocenters. The van der Waals surface area contributed by atoms with Gasteiger partial charge in [-0.05, 0) is 25.3 Å². The molecule has 100 valence electrons. The Morgan fingerprint density at radius 2 is 1.94 bits per heavy atom. The molecule has 0 radical (unpaired) electrons. The molecular weight excluding hydrogens is 236 g/mol. The first-order chi connectivity index (χ1) is 8.62. The summed E-state index contributed by atoms with van der Waals surface area (Å²) < 4.78 is 26.4. The van der Waals surface area contributed by atoms with Crippen LogP contribution in [0.3, 0.4) is 0 Å². The van der Waals surface area contributed by atoms with Gasteiger partial charge in [-0.3, -0.25) is 0 Å². The van der Waals surface area contributed by atoms with E-state index < -0.39 is 5.92 Å². The molecule has 0 saturated heterocycles. The molecule has 0 aromatic carbocycles. The van der Waals surface area contributed by atoms with Crippen molar-refractivity contribution in [2.24, 2.45) is 5.92 Å². The van der Waals surface area contributed by atoms with E-state index in [0.717, 1.165) is 12.1 Å². The molecule has 1 aliphatic rings. The van der Waals surface area contributed by atoms with Crippen LogP contribution in [-0.2, 0) is 0 Å². The molecule has 1 saturated carbocycles. The second-order valence-corrected chi connectivity index (χ2v) is 4.90. The van der Waals surface area contributed by atoms with Crippen molar-refractivity contribution in [3.63, 3.8) is 0 Å². The number of nitrogens with zero attached hydrogens (tertiary/aromatic N) is 2. The summed E-state index contributed by atoms with van der Waals surface area (Å²) >= 11 is 0. The van der Waals surface area contributed by atoms with Gasteiger partial charge in [0.1, 0.15) is 6.33 Å². The highest BCUT2D eigenvalue weighted by molar-refractivity contribution is 5.11. The van der Waals surface area contributed by atoms with Crippen LogP contribution in [0.2, 0.25) is 0 Å². The molecule has 0 aliphatic heterocycles. The summed E-state index contributed by atoms with van der Waals surface area (Å²) in [5.41, 5.74) is 0.995. The van der Waals surface area contributed by atoms with E-state index in [4.69, 9.17) is 0 Å². The van der Waals surface area contributed by atoms with Gasteiger partial charge >= 0.3 is 0 Å². The smallest absolute Gasteiger partial charge is 0.248 e. The molecule has 5 heteroatoms. The van der Waals surface area contributed by atoms with E-state index in [1.807, 2.05) is 6.92 Å². The lowest BCUT2D eigenvalue weighted by atomic mass is 9.80. The van der Waals surface area contributed by atoms with E-state index >= 15 is 0 Å². The van der Waals surface area contributed by atoms with Crippen molar-refractivity contribution in [2.45, 2.75) is 44.6 Å². The average molecular weight is 255 g/mol. The summed E-state index contributed by atoms with van der Waals surface area (Å²) in [5, 5.41) is 3.37. The minimum Gasteiger partial charge on any atom is -0.310 e. The van der Waals surface area contributed by atoms with E-state index in [9.17, 15) is 8.78 Å². The average Bonchev–Trinajstić information content (AvgIpc) is 2.38. The van der Waals surface area contributed by atoms with Gasteiger partial charge in [-0.2, -0.15) is 0 Å². The normalized spacial score (nSPS) is 21.7. The maximum absolute atomic E-state index is 13.2. The summed E-state index contributed by atoms with van der Waals surface area (Å²) in [5.74, 6) is -2.23. The first kappa shape index (κ1) is 13.3. The minimum absolute atomic E-state index is 0.00669. The third kappa shape index (κ3) is 3.22. The van der Waals surface area contributed by atoms with Crippen LogP contribution in [0.5, 0.6) is 0 Å². The zero-order valence-electron chi connectivity index (χ0n) is 10.6. The fourth-order valence-electron chi connectivity index (χ4n) is 2.64. The molecule has 1 aromatic heterocycles. The highest BCUT2D eigenvalue weighted by atomic mass is 19.3. The Bertz CT molecular complexity index is 360. The summed E-state index contributed by atoms with van der Waals surface area (Å²) in [6.07, 6.45) is 6.13. The Labute approximate surface area is 106 Å². The van der Waals surface area contributed by atoms with E-state index in [2.05, 4.69) is 15.3 Å². The quantitative estimate of drug-likeness (QED) is 0.898. The Morgan fingerprint density at radius 3 is 2.50 bits per heavy atom. The standard InChI is InChI=1S/C13H19F2N3/c1-2-18-12(11-7-16-9-17-8-11)10-3-5-13(14,15)6-4-10/h7-10,12,18H,2-6H2,1H3. The molecule has 1 heterocycles. The van der Waals surface area contributed by atoms with Crippen molar-refractivity contribution < 1.29 is 8.78 Å². The van der Waals surface area contributed by atoms with Crippen molar-refractivity contribution in [2.75, 3.05) is 6.54 Å². The second-order valence-electron chi connectivity index (χ2n) is 4.90. The molecule has 1 N–H and O–H groups in total. The molecule has 1 atom stereocenters. The van der Waals surface area contributed by atoms with Crippen molar-refractivity contribution in [3.8, 4) is 0 Å². The van der Waals surface area contributed by atoms with Crippen LogP contribution in [0.4, 0.5) is 8.78 Å². The van der Waals surface area contributed by atoms with Gasteiger partial charge < -0.3 is 5.32 Å². The number of hydrogen-bond acceptors (Lipinski definition) is 3. The SMILES string of the molecule is CCNC(c1cncnc1)C1CCC(F)(F)CC1. The molecule has 3 nitrogen and oxygen atoms in total. The Balaban J connectivity index is 2.07. The molecule has 1 aromatic rings. The summed E-state index contributed by atoms with van der Waals surface area (Å²) in [6, 6.07) is 0.0901. The largest absolute Gasteiger partial charge is 0.310 e. The van der Waals surface area contributed by atoms with Crippen LogP contribution in [0.1, 0.15) is 44.2 Å². The lowest BCUT2D eigenvalue weighted by Gasteiger charge is -2.34. The van der Waals surface area contributed by atoms with Crippen molar-refractivity contribution in [3.05, 3.63) is 24.3 Å². The predicted molar refractivity (Wildman–Crippen MR) is 65.4 cm³/mol. The van der Waals surface area contributed by atoms with Crippen molar-refractivity contribution in [1.82, 2.24) is 15.3 Å². The van der Waals surface area contributed by atoms with Crippen LogP contribution in [0, 0.1) is 5.92 Å². The number of alkyl halides is 2. The molecule has 18 heavy (non-hydrogen) atoms. The van der Waals surface area contributed by atoms with E-state index in [1.165, 1.54) is 6.33 Å². The van der Waals surface area contributed by atoms with Crippen LogP contribution < -0.4 is 5.32 Å². The summed E-state index contributed by atoms with van der Waals surface area (Å²) in [7, 11) is 0. The van der Waals surface area contributed by atoms with Crippen molar-refractivity contribution in [1.29, 1.82) is 0 Å². The fourth-order valence-corrected chi connectivity index (χ4v) is 2.64. The number of halogens is 2. The number of hydrogen-bond donors (Lipinski definition) is 1. The second kappa shape index (κ2) is 5.69. The summed E-state index contributed by atoms with van der Waals surface area (Å²) in [6.45, 7) is 2.83. The van der Waals surface area contributed by atoms with Gasteiger partial charge in [0.15, 0.2) is 0 Å². The van der Waals surface area contributed by atoms with Gasteiger partial charge in [0.05, 0.1) is 0 Å². The lowest BCUT2D eigenvalue weighted by Crippen LogP contribution is -2.34. The van der Waals surface area contributed by atoms with Crippen LogP contribution in [-0.4, -0.2) is 22.4 Å². The van der Waals surface area contributed by atoms with Gasteiger partial charge in [-0.15, -0.1) is 0 Å². The van der Waals surface area contributed by atoms with Gasteiger partial charge in [0.25, 0.3) is 0 Å². The third-order valence-corrected chi connectivity index (χ3v) is 3.60. The number of aromatic nitrogens is 2. The van der Waals surface area contributed by atoms with Gasteiger partial charge in [0, 0.05) is 36.8 Å². The fraction of sp³-hybridized carbons (Fsp3) is 0.692. The maximum Gasteiger partial charge on any atom is 0.248 e. The lowest BCUT2D eigenvalue weighted by molar-refractivity contribution is -0.0497. The van der Waals surface area contributed by atoms with Gasteiger partial charge in [-0.1, -0.05) is 6.92 Å². The number of nitrogens with one attached hydrogen (secondary N) is 1. The van der Waals surface area contributed by atoms with E-state index in [-0.39, 0.29) is 24.8 Å². The zero-order chi connectivity index (χ0) is 13.0. The highest BCUT2D eigenvalue weighted by Gasteiger charge is 2.37. The summed E-state index contributed by atoms with van der Waals surface area (Å²) in [4.78, 5) is 8.02. The van der Waals surface area contributed by atoms with Crippen LogP contribution in [0.15, 0.2) is 18.7 Å². The monoisotopic (exact) mass is 255 g/mol. The Morgan fingerprint density at radius 1 is 1.33 bits per heavy atom. The first-order valence-electron chi connectivity index (χ1n) is 6.48. The third-order valence-electron chi connectivity index (χ3n) is 3.60. The topological polar surface area (TPSA) is 37.8 Å². The Hall–Kier alpha value is -1.10. The molecule has 1 aliphatic carbocycles. The maximum atomic E-state index is 13.2. The van der Waals surface area contributed by atoms with Crippen LogP contribution in [0.25, 0.3) is 0 Å². The number of rotatable bonds is 4. The molecule has 0 bridgehead atoms. The molecule has 2 rings (SSSR count). The minimum atomic E-state index is -2.47. The molecule has 0 spiro atoms. The Kier molecular flexibility index (Phi) is 4.22.